The summed E-state index contributed by atoms with van der Waals surface area (Å²) < 4.78 is 20.4. The fraction of sp³-hybridized carbons (Fsp3) is 0.263. The second-order valence-electron chi connectivity index (χ2n) is 6.42. The number of hydrogen-bond acceptors (Lipinski definition) is 6. The standard InChI is InChI=1S/C19H18FN3O4S/c1-11(2)16(22-17(25)13-5-3-4-6-14(13)20)18(26)27-10-12-9-15(24)23-7-8-28-19(23)21-12/h3-9,11,16H,10H2,1-2H3,(H,22,25). The fourth-order valence-corrected chi connectivity index (χ4v) is 3.30. The SMILES string of the molecule is CC(C)C(NC(=O)c1ccccc1F)C(=O)OCc1cc(=O)n2ccsc2n1. The maximum Gasteiger partial charge on any atom is 0.329 e. The van der Waals surface area contributed by atoms with Crippen LogP contribution < -0.4 is 10.9 Å². The summed E-state index contributed by atoms with van der Waals surface area (Å²) in [6, 6.07) is 5.82. The van der Waals surface area contributed by atoms with Crippen molar-refractivity contribution in [1.82, 2.24) is 14.7 Å². The van der Waals surface area contributed by atoms with Gasteiger partial charge in [-0.3, -0.25) is 14.0 Å². The van der Waals surface area contributed by atoms with Crippen LogP contribution in [0, 0.1) is 11.7 Å². The third kappa shape index (κ3) is 4.25. The summed E-state index contributed by atoms with van der Waals surface area (Å²) in [4.78, 5) is 41.5. The number of hydrogen-bond donors (Lipinski definition) is 1. The van der Waals surface area contributed by atoms with Crippen molar-refractivity contribution in [2.45, 2.75) is 26.5 Å². The minimum atomic E-state index is -0.973. The molecule has 3 aromatic rings. The summed E-state index contributed by atoms with van der Waals surface area (Å²) in [6.07, 6.45) is 1.61. The first-order valence-electron chi connectivity index (χ1n) is 8.54. The Bertz CT molecular complexity index is 1080. The molecule has 2 heterocycles. The van der Waals surface area contributed by atoms with Gasteiger partial charge in [0.15, 0.2) is 4.96 Å². The minimum Gasteiger partial charge on any atom is -0.458 e. The molecule has 1 aromatic carbocycles. The van der Waals surface area contributed by atoms with Crippen LogP contribution in [0.15, 0.2) is 46.7 Å². The molecule has 0 spiro atoms. The van der Waals surface area contributed by atoms with Gasteiger partial charge in [-0.1, -0.05) is 26.0 Å². The van der Waals surface area contributed by atoms with E-state index in [-0.39, 0.29) is 23.6 Å². The molecule has 1 atom stereocenters. The predicted octanol–water partition coefficient (Wildman–Crippen LogP) is 2.39. The van der Waals surface area contributed by atoms with E-state index in [4.69, 9.17) is 4.74 Å². The van der Waals surface area contributed by atoms with Crippen LogP contribution >= 0.6 is 11.3 Å². The number of nitrogens with one attached hydrogen (secondary N) is 1. The maximum absolute atomic E-state index is 13.8. The van der Waals surface area contributed by atoms with Gasteiger partial charge >= 0.3 is 5.97 Å². The quantitative estimate of drug-likeness (QED) is 0.639. The molecule has 0 saturated carbocycles. The van der Waals surface area contributed by atoms with Gasteiger partial charge in [0.1, 0.15) is 18.5 Å². The Morgan fingerprint density at radius 1 is 1.32 bits per heavy atom. The highest BCUT2D eigenvalue weighted by Crippen LogP contribution is 2.11. The Balaban J connectivity index is 1.69. The van der Waals surface area contributed by atoms with Crippen LogP contribution in [0.3, 0.4) is 0 Å². The van der Waals surface area contributed by atoms with E-state index in [1.54, 1.807) is 25.4 Å². The number of benzene rings is 1. The van der Waals surface area contributed by atoms with Crippen molar-refractivity contribution >= 4 is 28.2 Å². The monoisotopic (exact) mass is 403 g/mol. The average molecular weight is 403 g/mol. The summed E-state index contributed by atoms with van der Waals surface area (Å²) in [5, 5.41) is 4.24. The molecule has 0 fully saturated rings. The van der Waals surface area contributed by atoms with E-state index in [9.17, 15) is 18.8 Å². The van der Waals surface area contributed by atoms with E-state index in [0.717, 1.165) is 0 Å². The number of esters is 1. The van der Waals surface area contributed by atoms with Crippen molar-refractivity contribution in [3.63, 3.8) is 0 Å². The normalized spacial score (nSPS) is 12.1. The number of ether oxygens (including phenoxy) is 1. The van der Waals surface area contributed by atoms with Gasteiger partial charge in [0.25, 0.3) is 11.5 Å². The number of carbonyl (C=O) groups is 2. The first kappa shape index (κ1) is 19.7. The zero-order chi connectivity index (χ0) is 20.3. The zero-order valence-corrected chi connectivity index (χ0v) is 16.0. The molecule has 7 nitrogen and oxygen atoms in total. The lowest BCUT2D eigenvalue weighted by Gasteiger charge is -2.21. The Labute approximate surface area is 163 Å². The summed E-state index contributed by atoms with van der Waals surface area (Å²) in [5.41, 5.74) is -0.118. The fourth-order valence-electron chi connectivity index (χ4n) is 2.56. The van der Waals surface area contributed by atoms with Gasteiger partial charge < -0.3 is 10.1 Å². The first-order chi connectivity index (χ1) is 13.4. The smallest absolute Gasteiger partial charge is 0.329 e. The van der Waals surface area contributed by atoms with E-state index < -0.39 is 23.7 Å². The Kier molecular flexibility index (Phi) is 5.84. The molecule has 0 aliphatic rings. The van der Waals surface area contributed by atoms with Crippen LogP contribution in [-0.2, 0) is 16.1 Å². The number of amides is 1. The van der Waals surface area contributed by atoms with Crippen molar-refractivity contribution in [2.24, 2.45) is 5.92 Å². The van der Waals surface area contributed by atoms with E-state index in [0.29, 0.717) is 10.7 Å². The molecule has 0 aliphatic heterocycles. The van der Waals surface area contributed by atoms with Crippen LogP contribution in [0.5, 0.6) is 0 Å². The Morgan fingerprint density at radius 3 is 2.79 bits per heavy atom. The lowest BCUT2D eigenvalue weighted by atomic mass is 10.0. The first-order valence-corrected chi connectivity index (χ1v) is 9.42. The number of thiazole rings is 1. The third-order valence-electron chi connectivity index (χ3n) is 4.04. The molecular weight excluding hydrogens is 385 g/mol. The predicted molar refractivity (Wildman–Crippen MR) is 102 cm³/mol. The summed E-state index contributed by atoms with van der Waals surface area (Å²) >= 11 is 1.29. The highest BCUT2D eigenvalue weighted by atomic mass is 32.1. The molecule has 0 aliphatic carbocycles. The van der Waals surface area contributed by atoms with Gasteiger partial charge in [-0.05, 0) is 18.1 Å². The average Bonchev–Trinajstić information content (AvgIpc) is 3.13. The zero-order valence-electron chi connectivity index (χ0n) is 15.2. The second-order valence-corrected chi connectivity index (χ2v) is 7.30. The molecule has 9 heteroatoms. The van der Waals surface area contributed by atoms with Crippen LogP contribution in [-0.4, -0.2) is 27.3 Å². The second kappa shape index (κ2) is 8.30. The molecule has 0 radical (unpaired) electrons. The molecule has 2 aromatic heterocycles. The van der Waals surface area contributed by atoms with E-state index in [1.807, 2.05) is 0 Å². The number of rotatable bonds is 6. The van der Waals surface area contributed by atoms with Crippen molar-refractivity contribution in [1.29, 1.82) is 0 Å². The number of nitrogens with zero attached hydrogens (tertiary/aromatic N) is 2. The lowest BCUT2D eigenvalue weighted by molar-refractivity contribution is -0.148. The van der Waals surface area contributed by atoms with Gasteiger partial charge in [0.05, 0.1) is 11.3 Å². The van der Waals surface area contributed by atoms with Gasteiger partial charge in [0.2, 0.25) is 0 Å². The number of fused-ring (bicyclic) bond motifs is 1. The number of halogens is 1. The van der Waals surface area contributed by atoms with E-state index >= 15 is 0 Å². The molecule has 146 valence electrons. The molecule has 1 unspecified atom stereocenters. The summed E-state index contributed by atoms with van der Waals surface area (Å²) in [7, 11) is 0. The maximum atomic E-state index is 13.8. The molecule has 1 amide bonds. The highest BCUT2D eigenvalue weighted by Gasteiger charge is 2.27. The largest absolute Gasteiger partial charge is 0.458 e. The molecule has 28 heavy (non-hydrogen) atoms. The highest BCUT2D eigenvalue weighted by molar-refractivity contribution is 7.15. The van der Waals surface area contributed by atoms with E-state index in [2.05, 4.69) is 10.3 Å². The van der Waals surface area contributed by atoms with Gasteiger partial charge in [-0.2, -0.15) is 0 Å². The molecule has 1 N–H and O–H groups in total. The Hall–Kier alpha value is -3.07. The minimum absolute atomic E-state index is 0.154. The van der Waals surface area contributed by atoms with Gasteiger partial charge in [-0.15, -0.1) is 11.3 Å². The topological polar surface area (TPSA) is 89.8 Å². The number of carbonyl (C=O) groups excluding carboxylic acids is 2. The van der Waals surface area contributed by atoms with Gasteiger partial charge in [0, 0.05) is 17.6 Å². The molecule has 0 bridgehead atoms. The molecule has 3 rings (SSSR count). The molecular formula is C19H18FN3O4S. The van der Waals surface area contributed by atoms with Crippen LogP contribution in [0.4, 0.5) is 4.39 Å². The van der Waals surface area contributed by atoms with Crippen LogP contribution in [0.2, 0.25) is 0 Å². The van der Waals surface area contributed by atoms with Gasteiger partial charge in [-0.25, -0.2) is 14.2 Å². The lowest BCUT2D eigenvalue weighted by Crippen LogP contribution is -2.45. The summed E-state index contributed by atoms with van der Waals surface area (Å²) in [6.45, 7) is 3.26. The van der Waals surface area contributed by atoms with Crippen molar-refractivity contribution in [2.75, 3.05) is 0 Å². The third-order valence-corrected chi connectivity index (χ3v) is 4.80. The van der Waals surface area contributed by atoms with E-state index in [1.165, 1.54) is 46.1 Å². The Morgan fingerprint density at radius 2 is 2.07 bits per heavy atom. The summed E-state index contributed by atoms with van der Waals surface area (Å²) in [5.74, 6) is -2.36. The number of aromatic nitrogens is 2. The van der Waals surface area contributed by atoms with Crippen molar-refractivity contribution in [3.8, 4) is 0 Å². The van der Waals surface area contributed by atoms with Crippen molar-refractivity contribution < 1.29 is 18.7 Å². The van der Waals surface area contributed by atoms with Crippen LogP contribution in [0.1, 0.15) is 29.9 Å². The molecule has 0 saturated heterocycles. The van der Waals surface area contributed by atoms with Crippen molar-refractivity contribution in [3.05, 3.63) is 69.3 Å². The van der Waals surface area contributed by atoms with Crippen LogP contribution in [0.25, 0.3) is 4.96 Å².